The summed E-state index contributed by atoms with van der Waals surface area (Å²) in [5, 5.41) is 4.00. The molecule has 0 fully saturated rings. The molecule has 0 aliphatic carbocycles. The summed E-state index contributed by atoms with van der Waals surface area (Å²) in [4.78, 5) is 16.7. The predicted octanol–water partition coefficient (Wildman–Crippen LogP) is 4.40. The van der Waals surface area contributed by atoms with Gasteiger partial charge in [0.1, 0.15) is 11.6 Å². The lowest BCUT2D eigenvalue weighted by Crippen LogP contribution is -2.07. The number of methoxy groups -OCH3 is 2. The Kier molecular flexibility index (Phi) is 5.19. The van der Waals surface area contributed by atoms with Crippen LogP contribution in [0.4, 0.5) is 5.82 Å². The van der Waals surface area contributed by atoms with Crippen LogP contribution in [0.3, 0.4) is 0 Å². The summed E-state index contributed by atoms with van der Waals surface area (Å²) in [6, 6.07) is 15.1. The first-order chi connectivity index (χ1) is 12.1. The van der Waals surface area contributed by atoms with Gasteiger partial charge < -0.3 is 14.8 Å². The third-order valence-corrected chi connectivity index (χ3v) is 4.30. The lowest BCUT2D eigenvalue weighted by Gasteiger charge is -2.11. The molecule has 0 spiro atoms. The summed E-state index contributed by atoms with van der Waals surface area (Å²) in [5.74, 6) is 1.04. The molecule has 0 bridgehead atoms. The molecule has 6 heteroatoms. The Hall–Kier alpha value is -2.60. The average molecular weight is 401 g/mol. The Morgan fingerprint density at radius 3 is 2.56 bits per heavy atom. The highest BCUT2D eigenvalue weighted by Gasteiger charge is 2.14. The van der Waals surface area contributed by atoms with Crippen molar-refractivity contribution in [2.45, 2.75) is 6.54 Å². The van der Waals surface area contributed by atoms with Crippen LogP contribution >= 0.6 is 15.9 Å². The molecule has 0 aliphatic rings. The van der Waals surface area contributed by atoms with Crippen LogP contribution in [-0.4, -0.2) is 25.2 Å². The van der Waals surface area contributed by atoms with E-state index in [1.54, 1.807) is 13.2 Å². The van der Waals surface area contributed by atoms with Crippen molar-refractivity contribution in [3.05, 3.63) is 64.1 Å². The molecule has 0 amide bonds. The molecule has 0 aliphatic heterocycles. The highest BCUT2D eigenvalue weighted by Crippen LogP contribution is 2.25. The molecule has 128 valence electrons. The molecule has 25 heavy (non-hydrogen) atoms. The molecule has 1 heterocycles. The molecule has 1 N–H and O–H groups in total. The number of nitrogens with one attached hydrogen (secondary N) is 1. The van der Waals surface area contributed by atoms with Crippen molar-refractivity contribution >= 4 is 38.6 Å². The van der Waals surface area contributed by atoms with Crippen LogP contribution in [0, 0.1) is 0 Å². The minimum atomic E-state index is -0.391. The van der Waals surface area contributed by atoms with Crippen molar-refractivity contribution in [3.8, 4) is 5.75 Å². The summed E-state index contributed by atoms with van der Waals surface area (Å²) in [6.07, 6.45) is 0. The number of hydrogen-bond donors (Lipinski definition) is 1. The average Bonchev–Trinajstić information content (AvgIpc) is 2.65. The fourth-order valence-electron chi connectivity index (χ4n) is 2.50. The van der Waals surface area contributed by atoms with E-state index in [1.807, 2.05) is 42.5 Å². The van der Waals surface area contributed by atoms with E-state index in [0.29, 0.717) is 17.9 Å². The quantitative estimate of drug-likeness (QED) is 0.642. The summed E-state index contributed by atoms with van der Waals surface area (Å²) in [5.41, 5.74) is 2.28. The molecule has 0 atom stereocenters. The Bertz CT molecular complexity index is 910. The van der Waals surface area contributed by atoms with Gasteiger partial charge in [-0.3, -0.25) is 0 Å². The van der Waals surface area contributed by atoms with E-state index in [-0.39, 0.29) is 0 Å². The Morgan fingerprint density at radius 1 is 1.12 bits per heavy atom. The third kappa shape index (κ3) is 3.91. The van der Waals surface area contributed by atoms with Crippen molar-refractivity contribution in [1.82, 2.24) is 4.98 Å². The predicted molar refractivity (Wildman–Crippen MR) is 101 cm³/mol. The molecule has 3 aromatic rings. The van der Waals surface area contributed by atoms with E-state index in [9.17, 15) is 4.79 Å². The van der Waals surface area contributed by atoms with Crippen molar-refractivity contribution in [1.29, 1.82) is 0 Å². The van der Waals surface area contributed by atoms with Crippen molar-refractivity contribution < 1.29 is 14.3 Å². The second kappa shape index (κ2) is 7.53. The molecular formula is C19H17BrN2O3. The van der Waals surface area contributed by atoms with Gasteiger partial charge in [0.05, 0.1) is 25.3 Å². The monoisotopic (exact) mass is 400 g/mol. The number of aromatic nitrogens is 1. The summed E-state index contributed by atoms with van der Waals surface area (Å²) >= 11 is 3.42. The maximum Gasteiger partial charge on any atom is 0.338 e. The number of halogens is 1. The second-order valence-electron chi connectivity index (χ2n) is 5.41. The highest BCUT2D eigenvalue weighted by atomic mass is 79.9. The topological polar surface area (TPSA) is 60.5 Å². The number of carbonyl (C=O) groups is 1. The van der Waals surface area contributed by atoms with Crippen molar-refractivity contribution in [2.75, 3.05) is 19.5 Å². The number of esters is 1. The van der Waals surface area contributed by atoms with Crippen LogP contribution < -0.4 is 10.1 Å². The van der Waals surface area contributed by atoms with Gasteiger partial charge in [-0.05, 0) is 42.0 Å². The van der Waals surface area contributed by atoms with E-state index >= 15 is 0 Å². The number of hydrogen-bond acceptors (Lipinski definition) is 5. The largest absolute Gasteiger partial charge is 0.497 e. The first-order valence-corrected chi connectivity index (χ1v) is 8.45. The minimum Gasteiger partial charge on any atom is -0.497 e. The number of benzene rings is 2. The molecule has 5 nitrogen and oxygen atoms in total. The highest BCUT2D eigenvalue weighted by molar-refractivity contribution is 9.10. The maximum absolute atomic E-state index is 12.1. The van der Waals surface area contributed by atoms with Gasteiger partial charge in [0, 0.05) is 16.4 Å². The molecule has 1 aromatic heterocycles. The molecule has 0 saturated heterocycles. The van der Waals surface area contributed by atoms with Gasteiger partial charge in [0.15, 0.2) is 0 Å². The van der Waals surface area contributed by atoms with Crippen LogP contribution in [-0.2, 0) is 11.3 Å². The number of nitrogens with zero attached hydrogens (tertiary/aromatic N) is 1. The maximum atomic E-state index is 12.1. The second-order valence-corrected chi connectivity index (χ2v) is 6.33. The number of carbonyl (C=O) groups excluding carboxylic acids is 1. The number of anilines is 1. The van der Waals surface area contributed by atoms with Gasteiger partial charge in [-0.25, -0.2) is 9.78 Å². The van der Waals surface area contributed by atoms with Crippen LogP contribution in [0.15, 0.2) is 53.0 Å². The zero-order valence-corrected chi connectivity index (χ0v) is 15.5. The van der Waals surface area contributed by atoms with Crippen LogP contribution in [0.5, 0.6) is 5.75 Å². The first-order valence-electron chi connectivity index (χ1n) is 7.66. The minimum absolute atomic E-state index is 0.391. The standard InChI is InChI=1S/C19H17BrN2O3/c1-24-14-6-3-12(4-7-14)11-21-18-10-16(19(23)25-2)15-9-13(20)5-8-17(15)22-18/h3-10H,11H2,1-2H3,(H,21,22). The smallest absolute Gasteiger partial charge is 0.338 e. The molecule has 2 aromatic carbocycles. The van der Waals surface area contributed by atoms with Gasteiger partial charge in [0.2, 0.25) is 0 Å². The fourth-order valence-corrected chi connectivity index (χ4v) is 2.86. The zero-order valence-electron chi connectivity index (χ0n) is 13.9. The Labute approximate surface area is 154 Å². The first kappa shape index (κ1) is 17.2. The lowest BCUT2D eigenvalue weighted by molar-refractivity contribution is 0.0603. The zero-order chi connectivity index (χ0) is 17.8. The van der Waals surface area contributed by atoms with Gasteiger partial charge in [-0.2, -0.15) is 0 Å². The van der Waals surface area contributed by atoms with E-state index in [4.69, 9.17) is 9.47 Å². The van der Waals surface area contributed by atoms with E-state index in [1.165, 1.54) is 7.11 Å². The van der Waals surface area contributed by atoms with Gasteiger partial charge in [-0.15, -0.1) is 0 Å². The normalized spacial score (nSPS) is 10.5. The molecular weight excluding hydrogens is 384 g/mol. The van der Waals surface area contributed by atoms with Crippen LogP contribution in [0.1, 0.15) is 15.9 Å². The van der Waals surface area contributed by atoms with Gasteiger partial charge in [-0.1, -0.05) is 28.1 Å². The van der Waals surface area contributed by atoms with Gasteiger partial charge >= 0.3 is 5.97 Å². The number of fused-ring (bicyclic) bond motifs is 1. The summed E-state index contributed by atoms with van der Waals surface area (Å²) in [7, 11) is 3.01. The summed E-state index contributed by atoms with van der Waals surface area (Å²) in [6.45, 7) is 0.583. The lowest BCUT2D eigenvalue weighted by atomic mass is 10.1. The Morgan fingerprint density at radius 2 is 1.88 bits per heavy atom. The third-order valence-electron chi connectivity index (χ3n) is 3.81. The van der Waals surface area contributed by atoms with Gasteiger partial charge in [0.25, 0.3) is 0 Å². The fraction of sp³-hybridized carbons (Fsp3) is 0.158. The van der Waals surface area contributed by atoms with Crippen LogP contribution in [0.2, 0.25) is 0 Å². The number of pyridine rings is 1. The van der Waals surface area contributed by atoms with Crippen molar-refractivity contribution in [2.24, 2.45) is 0 Å². The number of ether oxygens (including phenoxy) is 2. The molecule has 0 unspecified atom stereocenters. The molecule has 0 saturated carbocycles. The number of rotatable bonds is 5. The van der Waals surface area contributed by atoms with Crippen LogP contribution in [0.25, 0.3) is 10.9 Å². The SMILES string of the molecule is COC(=O)c1cc(NCc2ccc(OC)cc2)nc2ccc(Br)cc12. The Balaban J connectivity index is 1.90. The molecule has 0 radical (unpaired) electrons. The summed E-state index contributed by atoms with van der Waals surface area (Å²) < 4.78 is 10.9. The molecule has 3 rings (SSSR count). The van der Waals surface area contributed by atoms with E-state index < -0.39 is 5.97 Å². The van der Waals surface area contributed by atoms with E-state index in [2.05, 4.69) is 26.2 Å². The van der Waals surface area contributed by atoms with Crippen molar-refractivity contribution in [3.63, 3.8) is 0 Å². The van der Waals surface area contributed by atoms with E-state index in [0.717, 1.165) is 26.7 Å².